The van der Waals surface area contributed by atoms with Gasteiger partial charge in [-0.1, -0.05) is 54.6 Å². The quantitative estimate of drug-likeness (QED) is 0.250. The molecule has 5 rings (SSSR count). The van der Waals surface area contributed by atoms with Crippen LogP contribution in [-0.2, 0) is 32.0 Å². The van der Waals surface area contributed by atoms with Crippen molar-refractivity contribution < 1.29 is 30.7 Å². The second kappa shape index (κ2) is 13.4. The highest BCUT2D eigenvalue weighted by molar-refractivity contribution is 5.50. The molecule has 0 amide bonds. The maximum absolute atomic E-state index is 14.9. The molecule has 1 aliphatic heterocycles. The molecule has 7 nitrogen and oxygen atoms in total. The lowest BCUT2D eigenvalue weighted by Gasteiger charge is -2.37. The van der Waals surface area contributed by atoms with Crippen molar-refractivity contribution >= 4 is 5.69 Å². The minimum Gasteiger partial charge on any atom is -0.363 e. The molecule has 0 spiro atoms. The van der Waals surface area contributed by atoms with Gasteiger partial charge in [0.05, 0.1) is 24.2 Å². The third-order valence-corrected chi connectivity index (χ3v) is 8.35. The van der Waals surface area contributed by atoms with Gasteiger partial charge in [-0.05, 0) is 36.2 Å². The van der Waals surface area contributed by atoms with E-state index in [0.29, 0.717) is 24.2 Å². The Morgan fingerprint density at radius 2 is 1.45 bits per heavy atom. The standard InChI is InChI=1S/C33H32F7N5O2/c1-21-29(43-15-13-42(14-16-43)18-22-7-5-10-24(17-22)32(35,36)37)30(46)45(20-28(41)23-8-3-2-4-9-23)31(47)44(21)19-25-26(33(38,39)40)11-6-12-27(25)34/h2-12,17,28H,13-16,18-20,41H2,1H3/t28-/m1/s1. The van der Waals surface area contributed by atoms with Gasteiger partial charge in [0.25, 0.3) is 5.56 Å². The number of anilines is 1. The van der Waals surface area contributed by atoms with Crippen molar-refractivity contribution in [1.82, 2.24) is 14.0 Å². The van der Waals surface area contributed by atoms with Crippen molar-refractivity contribution in [3.8, 4) is 0 Å². The number of aromatic nitrogens is 2. The normalized spacial score (nSPS) is 15.2. The first-order valence-electron chi connectivity index (χ1n) is 14.8. The number of nitrogens with zero attached hydrogens (tertiary/aromatic N) is 4. The van der Waals surface area contributed by atoms with E-state index in [-0.39, 0.29) is 37.6 Å². The molecule has 0 bridgehead atoms. The van der Waals surface area contributed by atoms with Crippen LogP contribution in [0.1, 0.15) is 39.6 Å². The van der Waals surface area contributed by atoms with Crippen molar-refractivity contribution in [2.45, 2.75) is 45.0 Å². The van der Waals surface area contributed by atoms with E-state index in [1.165, 1.54) is 13.0 Å². The molecule has 4 aromatic rings. The molecule has 47 heavy (non-hydrogen) atoms. The highest BCUT2D eigenvalue weighted by Crippen LogP contribution is 2.34. The molecule has 0 aliphatic carbocycles. The van der Waals surface area contributed by atoms with E-state index < -0.39 is 58.7 Å². The summed E-state index contributed by atoms with van der Waals surface area (Å²) in [6.45, 7) is 1.68. The Morgan fingerprint density at radius 3 is 2.09 bits per heavy atom. The number of halogens is 7. The zero-order chi connectivity index (χ0) is 34.1. The van der Waals surface area contributed by atoms with Gasteiger partial charge >= 0.3 is 18.0 Å². The van der Waals surface area contributed by atoms with E-state index in [9.17, 15) is 40.3 Å². The Hall–Kier alpha value is -4.43. The maximum atomic E-state index is 14.9. The maximum Gasteiger partial charge on any atom is 0.416 e. The third-order valence-electron chi connectivity index (χ3n) is 8.35. The largest absolute Gasteiger partial charge is 0.416 e. The van der Waals surface area contributed by atoms with Crippen LogP contribution in [0.2, 0.25) is 0 Å². The van der Waals surface area contributed by atoms with E-state index >= 15 is 0 Å². The molecule has 1 aliphatic rings. The van der Waals surface area contributed by atoms with Gasteiger partial charge < -0.3 is 10.6 Å². The SMILES string of the molecule is Cc1c(N2CCN(Cc3cccc(C(F)(F)F)c3)CC2)c(=O)n(C[C@@H](N)c2ccccc2)c(=O)n1Cc1c(F)cccc1C(F)(F)F. The number of hydrogen-bond donors (Lipinski definition) is 1. The van der Waals surface area contributed by atoms with Gasteiger partial charge in [-0.2, -0.15) is 26.3 Å². The lowest BCUT2D eigenvalue weighted by Crippen LogP contribution is -2.51. The molecule has 14 heteroatoms. The molecule has 1 saturated heterocycles. The predicted octanol–water partition coefficient (Wildman–Crippen LogP) is 5.57. The lowest BCUT2D eigenvalue weighted by molar-refractivity contribution is -0.139. The Balaban J connectivity index is 1.51. The van der Waals surface area contributed by atoms with E-state index in [0.717, 1.165) is 39.5 Å². The fourth-order valence-electron chi connectivity index (χ4n) is 5.88. The Bertz CT molecular complexity index is 1840. The van der Waals surface area contributed by atoms with Gasteiger partial charge in [0.1, 0.15) is 11.5 Å². The van der Waals surface area contributed by atoms with Gasteiger partial charge in [0.2, 0.25) is 0 Å². The first-order chi connectivity index (χ1) is 22.1. The first kappa shape index (κ1) is 33.9. The summed E-state index contributed by atoms with van der Waals surface area (Å²) < 4.78 is 98.0. The van der Waals surface area contributed by atoms with Crippen molar-refractivity contribution in [1.29, 1.82) is 0 Å². The molecule has 1 aromatic heterocycles. The van der Waals surface area contributed by atoms with Crippen LogP contribution < -0.4 is 21.9 Å². The van der Waals surface area contributed by atoms with Gasteiger partial charge in [0.15, 0.2) is 0 Å². The summed E-state index contributed by atoms with van der Waals surface area (Å²) in [6, 6.07) is 15.3. The highest BCUT2D eigenvalue weighted by Gasteiger charge is 2.35. The van der Waals surface area contributed by atoms with Crippen LogP contribution in [0.15, 0.2) is 82.4 Å². The fourth-order valence-corrected chi connectivity index (χ4v) is 5.88. The van der Waals surface area contributed by atoms with Crippen LogP contribution in [0.3, 0.4) is 0 Å². The summed E-state index contributed by atoms with van der Waals surface area (Å²) in [4.78, 5) is 31.4. The van der Waals surface area contributed by atoms with E-state index in [4.69, 9.17) is 5.73 Å². The van der Waals surface area contributed by atoms with Crippen LogP contribution in [0.25, 0.3) is 0 Å². The molecule has 0 unspecified atom stereocenters. The number of rotatable bonds is 8. The zero-order valence-corrected chi connectivity index (χ0v) is 25.3. The fraction of sp³-hybridized carbons (Fsp3) is 0.333. The van der Waals surface area contributed by atoms with E-state index in [2.05, 4.69) is 0 Å². The monoisotopic (exact) mass is 663 g/mol. The minimum atomic E-state index is -4.90. The molecular formula is C33H32F7N5O2. The number of nitrogens with two attached hydrogens (primary N) is 1. The second-order valence-electron chi connectivity index (χ2n) is 11.5. The molecule has 2 N–H and O–H groups in total. The summed E-state index contributed by atoms with van der Waals surface area (Å²) in [5.74, 6) is -1.16. The number of alkyl halides is 6. The van der Waals surface area contributed by atoms with Crippen LogP contribution in [0, 0.1) is 12.7 Å². The molecular weight excluding hydrogens is 631 g/mol. The molecule has 1 atom stereocenters. The van der Waals surface area contributed by atoms with E-state index in [1.54, 1.807) is 41.3 Å². The summed E-state index contributed by atoms with van der Waals surface area (Å²) >= 11 is 0. The van der Waals surface area contributed by atoms with Gasteiger partial charge in [0, 0.05) is 50.0 Å². The van der Waals surface area contributed by atoms with Crippen molar-refractivity contribution in [2.75, 3.05) is 31.1 Å². The number of piperazine rings is 1. The average Bonchev–Trinajstić information content (AvgIpc) is 3.02. The zero-order valence-electron chi connectivity index (χ0n) is 25.3. The summed E-state index contributed by atoms with van der Waals surface area (Å²) in [6.07, 6.45) is -9.39. The first-order valence-corrected chi connectivity index (χ1v) is 14.8. The summed E-state index contributed by atoms with van der Waals surface area (Å²) in [7, 11) is 0. The van der Waals surface area contributed by atoms with Gasteiger partial charge in [-0.15, -0.1) is 0 Å². The molecule has 3 aromatic carbocycles. The van der Waals surface area contributed by atoms with E-state index in [1.807, 2.05) is 4.90 Å². The van der Waals surface area contributed by atoms with Gasteiger partial charge in [-0.3, -0.25) is 18.8 Å². The smallest absolute Gasteiger partial charge is 0.363 e. The summed E-state index contributed by atoms with van der Waals surface area (Å²) in [5.41, 5.74) is 3.13. The Labute approximate surface area is 265 Å². The Morgan fingerprint density at radius 1 is 0.787 bits per heavy atom. The molecule has 0 radical (unpaired) electrons. The minimum absolute atomic E-state index is 0.0484. The second-order valence-corrected chi connectivity index (χ2v) is 11.5. The lowest BCUT2D eigenvalue weighted by atomic mass is 10.1. The number of hydrogen-bond acceptors (Lipinski definition) is 5. The molecule has 1 fully saturated rings. The van der Waals surface area contributed by atoms with Crippen LogP contribution in [-0.4, -0.2) is 40.2 Å². The topological polar surface area (TPSA) is 76.5 Å². The van der Waals surface area contributed by atoms with Gasteiger partial charge in [-0.25, -0.2) is 9.18 Å². The van der Waals surface area contributed by atoms with Crippen LogP contribution >= 0.6 is 0 Å². The predicted molar refractivity (Wildman–Crippen MR) is 163 cm³/mol. The van der Waals surface area contributed by atoms with Crippen LogP contribution in [0.5, 0.6) is 0 Å². The third kappa shape index (κ3) is 7.43. The molecule has 250 valence electrons. The number of benzene rings is 3. The van der Waals surface area contributed by atoms with Crippen LogP contribution in [0.4, 0.5) is 36.4 Å². The van der Waals surface area contributed by atoms with Crippen molar-refractivity contribution in [3.05, 3.63) is 133 Å². The highest BCUT2D eigenvalue weighted by atomic mass is 19.4. The summed E-state index contributed by atoms with van der Waals surface area (Å²) in [5, 5.41) is 0. The van der Waals surface area contributed by atoms with Crippen molar-refractivity contribution in [3.63, 3.8) is 0 Å². The van der Waals surface area contributed by atoms with Crippen molar-refractivity contribution in [2.24, 2.45) is 5.73 Å². The molecule has 0 saturated carbocycles. The molecule has 2 heterocycles. The Kier molecular flexibility index (Phi) is 9.64. The average molecular weight is 664 g/mol.